The molecule has 0 bridgehead atoms. The fraction of sp³-hybridized carbons (Fsp3) is 0.174. The smallest absolute Gasteiger partial charge is 0.252 e. The van der Waals surface area contributed by atoms with Crippen molar-refractivity contribution in [3.8, 4) is 6.07 Å². The van der Waals surface area contributed by atoms with Crippen molar-refractivity contribution in [3.05, 3.63) is 77.6 Å². The maximum absolute atomic E-state index is 12.8. The Morgan fingerprint density at radius 2 is 2.07 bits per heavy atom. The van der Waals surface area contributed by atoms with Gasteiger partial charge in [-0.15, -0.1) is 11.8 Å². The van der Waals surface area contributed by atoms with Gasteiger partial charge < -0.3 is 9.72 Å². The second kappa shape index (κ2) is 7.26. The second-order valence-corrected chi connectivity index (χ2v) is 8.19. The highest BCUT2D eigenvalue weighted by molar-refractivity contribution is 7.98. The molecule has 142 valence electrons. The lowest BCUT2D eigenvalue weighted by molar-refractivity contribution is 0.0952. The summed E-state index contributed by atoms with van der Waals surface area (Å²) in [6.07, 6.45) is 6.03. The number of rotatable bonds is 5. The van der Waals surface area contributed by atoms with E-state index in [2.05, 4.69) is 11.4 Å². The molecule has 0 radical (unpaired) electrons. The fourth-order valence-electron chi connectivity index (χ4n) is 3.47. The summed E-state index contributed by atoms with van der Waals surface area (Å²) in [5, 5.41) is 14.3. The molecule has 1 fully saturated rings. The average Bonchev–Trinajstić information content (AvgIpc) is 3.49. The SMILES string of the molecule is N#Cc1c(CSc2cc(C(=O)NC3CC3)c3ccccc3n2)cn2ccccc12. The molecular weight excluding hydrogens is 380 g/mol. The van der Waals surface area contributed by atoms with Crippen molar-refractivity contribution in [2.75, 3.05) is 0 Å². The van der Waals surface area contributed by atoms with Crippen LogP contribution in [0.1, 0.15) is 34.3 Å². The van der Waals surface area contributed by atoms with E-state index in [0.717, 1.165) is 39.9 Å². The van der Waals surface area contributed by atoms with Crippen LogP contribution in [-0.2, 0) is 5.75 Å². The van der Waals surface area contributed by atoms with Crippen LogP contribution in [0, 0.1) is 11.3 Å². The molecule has 0 saturated heterocycles. The van der Waals surface area contributed by atoms with Crippen LogP contribution in [0.15, 0.2) is 66.0 Å². The first-order valence-electron chi connectivity index (χ1n) is 9.55. The van der Waals surface area contributed by atoms with E-state index < -0.39 is 0 Å². The number of hydrogen-bond donors (Lipinski definition) is 1. The predicted molar refractivity (Wildman–Crippen MR) is 114 cm³/mol. The first-order valence-corrected chi connectivity index (χ1v) is 10.5. The number of aromatic nitrogens is 2. The van der Waals surface area contributed by atoms with E-state index in [-0.39, 0.29) is 5.91 Å². The van der Waals surface area contributed by atoms with Gasteiger partial charge >= 0.3 is 0 Å². The zero-order valence-electron chi connectivity index (χ0n) is 15.6. The number of fused-ring (bicyclic) bond motifs is 2. The zero-order valence-corrected chi connectivity index (χ0v) is 16.4. The summed E-state index contributed by atoms with van der Waals surface area (Å²) in [6, 6.07) is 18.0. The number of amides is 1. The van der Waals surface area contributed by atoms with E-state index in [0.29, 0.717) is 22.9 Å². The highest BCUT2D eigenvalue weighted by atomic mass is 32.2. The molecule has 3 heterocycles. The fourth-order valence-corrected chi connectivity index (χ4v) is 4.36. The van der Waals surface area contributed by atoms with Gasteiger partial charge in [0.15, 0.2) is 0 Å². The van der Waals surface area contributed by atoms with E-state index in [9.17, 15) is 10.1 Å². The van der Waals surface area contributed by atoms with Gasteiger partial charge in [0.25, 0.3) is 5.91 Å². The maximum Gasteiger partial charge on any atom is 0.252 e. The van der Waals surface area contributed by atoms with E-state index in [1.165, 1.54) is 0 Å². The summed E-state index contributed by atoms with van der Waals surface area (Å²) in [6.45, 7) is 0. The van der Waals surface area contributed by atoms with Gasteiger partial charge in [-0.3, -0.25) is 4.79 Å². The molecule has 29 heavy (non-hydrogen) atoms. The number of pyridine rings is 2. The Bertz CT molecular complexity index is 1280. The van der Waals surface area contributed by atoms with E-state index in [4.69, 9.17) is 4.98 Å². The molecule has 0 spiro atoms. The normalized spacial score (nSPS) is 13.5. The first kappa shape index (κ1) is 17.8. The Hall–Kier alpha value is -3.30. The summed E-state index contributed by atoms with van der Waals surface area (Å²) < 4.78 is 1.97. The number of benzene rings is 1. The molecule has 5 rings (SSSR count). The summed E-state index contributed by atoms with van der Waals surface area (Å²) in [7, 11) is 0. The molecule has 6 heteroatoms. The van der Waals surface area contributed by atoms with Crippen molar-refractivity contribution in [3.63, 3.8) is 0 Å². The van der Waals surface area contributed by atoms with Crippen LogP contribution in [0.3, 0.4) is 0 Å². The highest BCUT2D eigenvalue weighted by Crippen LogP contribution is 2.30. The Morgan fingerprint density at radius 3 is 2.90 bits per heavy atom. The van der Waals surface area contributed by atoms with Crippen molar-refractivity contribution < 1.29 is 4.79 Å². The van der Waals surface area contributed by atoms with Crippen molar-refractivity contribution >= 4 is 34.1 Å². The van der Waals surface area contributed by atoms with Gasteiger partial charge in [0, 0.05) is 29.6 Å². The van der Waals surface area contributed by atoms with Crippen LogP contribution in [0.25, 0.3) is 16.4 Å². The lowest BCUT2D eigenvalue weighted by Crippen LogP contribution is -2.25. The predicted octanol–water partition coefficient (Wildman–Crippen LogP) is 4.54. The number of nitrogens with one attached hydrogen (secondary N) is 1. The van der Waals surface area contributed by atoms with Gasteiger partial charge in [-0.1, -0.05) is 24.3 Å². The number of carbonyl (C=O) groups is 1. The quantitative estimate of drug-likeness (QED) is 0.501. The van der Waals surface area contributed by atoms with Crippen LogP contribution in [0.4, 0.5) is 0 Å². The Kier molecular flexibility index (Phi) is 4.45. The maximum atomic E-state index is 12.8. The zero-order chi connectivity index (χ0) is 19.8. The minimum Gasteiger partial charge on any atom is -0.349 e. The summed E-state index contributed by atoms with van der Waals surface area (Å²) in [5.74, 6) is 0.569. The largest absolute Gasteiger partial charge is 0.349 e. The Morgan fingerprint density at radius 1 is 1.24 bits per heavy atom. The lowest BCUT2D eigenvalue weighted by atomic mass is 10.1. The number of hydrogen-bond acceptors (Lipinski definition) is 4. The standard InChI is InChI=1S/C23H18N4OS/c24-12-19-15(13-27-10-4-3-7-21(19)27)14-29-22-11-18(23(28)25-16-8-9-16)17-5-1-2-6-20(17)26-22/h1-7,10-11,13,16H,8-9,14H2,(H,25,28). The number of nitriles is 1. The van der Waals surface area contributed by atoms with Crippen LogP contribution in [-0.4, -0.2) is 21.3 Å². The molecule has 1 amide bonds. The van der Waals surface area contributed by atoms with Crippen LogP contribution in [0.5, 0.6) is 0 Å². The summed E-state index contributed by atoms with van der Waals surface area (Å²) in [4.78, 5) is 17.5. The van der Waals surface area contributed by atoms with Crippen LogP contribution in [0.2, 0.25) is 0 Å². The lowest BCUT2D eigenvalue weighted by Gasteiger charge is -2.09. The monoisotopic (exact) mass is 398 g/mol. The number of nitrogens with zero attached hydrogens (tertiary/aromatic N) is 3. The van der Waals surface area contributed by atoms with E-state index >= 15 is 0 Å². The third-order valence-corrected chi connectivity index (χ3v) is 6.06. The van der Waals surface area contributed by atoms with Crippen molar-refractivity contribution in [2.45, 2.75) is 29.7 Å². The molecule has 1 saturated carbocycles. The molecule has 1 aromatic carbocycles. The van der Waals surface area contributed by atoms with Gasteiger partial charge in [0.2, 0.25) is 0 Å². The van der Waals surface area contributed by atoms with Crippen LogP contribution < -0.4 is 5.32 Å². The van der Waals surface area contributed by atoms with Gasteiger partial charge in [-0.2, -0.15) is 5.26 Å². The van der Waals surface area contributed by atoms with Gasteiger partial charge in [-0.25, -0.2) is 4.98 Å². The van der Waals surface area contributed by atoms with Gasteiger partial charge in [-0.05, 0) is 42.7 Å². The number of thioether (sulfide) groups is 1. The minimum absolute atomic E-state index is 0.0414. The molecule has 1 aliphatic carbocycles. The van der Waals surface area contributed by atoms with Crippen molar-refractivity contribution in [1.82, 2.24) is 14.7 Å². The number of carbonyl (C=O) groups excluding carboxylic acids is 1. The molecular formula is C23H18N4OS. The minimum atomic E-state index is -0.0414. The van der Waals surface area contributed by atoms with Gasteiger partial charge in [0.05, 0.1) is 27.2 Å². The van der Waals surface area contributed by atoms with E-state index in [1.807, 2.05) is 65.3 Å². The molecule has 1 N–H and O–H groups in total. The van der Waals surface area contributed by atoms with Crippen molar-refractivity contribution in [1.29, 1.82) is 5.26 Å². The molecule has 5 nitrogen and oxygen atoms in total. The average molecular weight is 398 g/mol. The summed E-state index contributed by atoms with van der Waals surface area (Å²) >= 11 is 1.54. The Labute approximate surface area is 172 Å². The van der Waals surface area contributed by atoms with Gasteiger partial charge in [0.1, 0.15) is 6.07 Å². The molecule has 0 atom stereocenters. The topological polar surface area (TPSA) is 70.2 Å². The molecule has 0 aliphatic heterocycles. The number of para-hydroxylation sites is 1. The first-order chi connectivity index (χ1) is 14.2. The second-order valence-electron chi connectivity index (χ2n) is 7.20. The molecule has 4 aromatic rings. The molecule has 0 unspecified atom stereocenters. The third-order valence-electron chi connectivity index (χ3n) is 5.10. The molecule has 3 aromatic heterocycles. The summed E-state index contributed by atoms with van der Waals surface area (Å²) in [5.41, 5.74) is 4.02. The van der Waals surface area contributed by atoms with Crippen LogP contribution >= 0.6 is 11.8 Å². The van der Waals surface area contributed by atoms with E-state index in [1.54, 1.807) is 11.8 Å². The highest BCUT2D eigenvalue weighted by Gasteiger charge is 2.25. The molecule has 1 aliphatic rings. The Balaban J connectivity index is 1.48. The van der Waals surface area contributed by atoms with Crippen molar-refractivity contribution in [2.24, 2.45) is 0 Å². The third kappa shape index (κ3) is 3.45.